The summed E-state index contributed by atoms with van der Waals surface area (Å²) < 4.78 is 18.2. The molecule has 2 aromatic rings. The lowest BCUT2D eigenvalue weighted by Crippen LogP contribution is -2.12. The lowest BCUT2D eigenvalue weighted by molar-refractivity contribution is 0.380. The number of rotatable bonds is 1. The van der Waals surface area contributed by atoms with Gasteiger partial charge in [0.15, 0.2) is 11.0 Å². The van der Waals surface area contributed by atoms with Crippen LogP contribution in [-0.4, -0.2) is 22.1 Å². The highest BCUT2D eigenvalue weighted by atomic mass is 35.5. The normalized spacial score (nSPS) is 10.8. The number of aromatic amines is 1. The number of aromatic nitrogens is 3. The van der Waals surface area contributed by atoms with Crippen molar-refractivity contribution in [3.63, 3.8) is 0 Å². The van der Waals surface area contributed by atoms with Gasteiger partial charge in [0.05, 0.1) is 7.11 Å². The van der Waals surface area contributed by atoms with Crippen molar-refractivity contribution in [2.75, 3.05) is 7.11 Å². The number of hydrogen-bond acceptors (Lipinski definition) is 4. The molecule has 2 rings (SSSR count). The van der Waals surface area contributed by atoms with Crippen molar-refractivity contribution >= 4 is 34.1 Å². The third-order valence-electron chi connectivity index (χ3n) is 1.88. The summed E-state index contributed by atoms with van der Waals surface area (Å²) in [5.74, 6) is -0.912. The van der Waals surface area contributed by atoms with Crippen LogP contribution in [0.1, 0.15) is 0 Å². The number of hydrogen-bond donors (Lipinski definition) is 1. The van der Waals surface area contributed by atoms with Crippen molar-refractivity contribution in [2.45, 2.75) is 0 Å². The van der Waals surface area contributed by atoms with Crippen molar-refractivity contribution < 1.29 is 9.13 Å². The third kappa shape index (κ3) is 1.60. The molecule has 5 nitrogen and oxygen atoms in total. The van der Waals surface area contributed by atoms with Gasteiger partial charge in [0.1, 0.15) is 16.1 Å². The molecule has 84 valence electrons. The van der Waals surface area contributed by atoms with Gasteiger partial charge >= 0.3 is 0 Å². The molecule has 8 heteroatoms. The number of pyridine rings is 1. The van der Waals surface area contributed by atoms with Crippen LogP contribution in [0.25, 0.3) is 10.9 Å². The number of nitrogens with one attached hydrogen (secondary N) is 1. The van der Waals surface area contributed by atoms with E-state index in [-0.39, 0.29) is 22.1 Å². The Labute approximate surface area is 98.2 Å². The standard InChI is InChI=1S/C8H4Cl2FN3O2/c1-16-8-12-4-2(7(15)14-8)5(9)13-6(10)3(4)11/h1H3,(H,12,14,15). The van der Waals surface area contributed by atoms with Crippen molar-refractivity contribution in [1.82, 2.24) is 15.0 Å². The first kappa shape index (κ1) is 11.1. The van der Waals surface area contributed by atoms with Crippen LogP contribution in [0.15, 0.2) is 4.79 Å². The van der Waals surface area contributed by atoms with E-state index in [9.17, 15) is 9.18 Å². The lowest BCUT2D eigenvalue weighted by Gasteiger charge is -2.03. The molecule has 0 saturated heterocycles. The van der Waals surface area contributed by atoms with Crippen LogP contribution in [0.2, 0.25) is 10.3 Å². The molecule has 0 unspecified atom stereocenters. The quantitative estimate of drug-likeness (QED) is 0.797. The Bertz CT molecular complexity index is 629. The van der Waals surface area contributed by atoms with E-state index in [1.807, 2.05) is 0 Å². The highest BCUT2D eigenvalue weighted by molar-refractivity contribution is 6.36. The van der Waals surface area contributed by atoms with E-state index in [0.29, 0.717) is 0 Å². The Kier molecular flexibility index (Phi) is 2.69. The fraction of sp³-hybridized carbons (Fsp3) is 0.125. The van der Waals surface area contributed by atoms with Gasteiger partial charge < -0.3 is 4.74 Å². The Morgan fingerprint density at radius 2 is 2.00 bits per heavy atom. The first-order valence-corrected chi connectivity index (χ1v) is 4.78. The van der Waals surface area contributed by atoms with Gasteiger partial charge in [-0.25, -0.2) is 9.37 Å². The molecular formula is C8H4Cl2FN3O2. The average molecular weight is 264 g/mol. The molecule has 1 N–H and O–H groups in total. The fourth-order valence-electron chi connectivity index (χ4n) is 1.19. The molecular weight excluding hydrogens is 260 g/mol. The number of ether oxygens (including phenoxy) is 1. The van der Waals surface area contributed by atoms with Gasteiger partial charge in [-0.1, -0.05) is 23.2 Å². The SMILES string of the molecule is COc1nc2c(F)c(Cl)nc(Cl)c2c(=O)[nH]1. The largest absolute Gasteiger partial charge is 0.468 e. The molecule has 0 fully saturated rings. The molecule has 0 aromatic carbocycles. The molecule has 16 heavy (non-hydrogen) atoms. The maximum absolute atomic E-state index is 13.6. The topological polar surface area (TPSA) is 67.9 Å². The number of H-pyrrole nitrogens is 1. The minimum atomic E-state index is -0.912. The zero-order valence-electron chi connectivity index (χ0n) is 7.84. The highest BCUT2D eigenvalue weighted by Gasteiger charge is 2.17. The molecule has 0 saturated carbocycles. The maximum Gasteiger partial charge on any atom is 0.296 e. The Hall–Kier alpha value is -1.40. The molecule has 0 aliphatic carbocycles. The minimum absolute atomic E-state index is 0.130. The molecule has 2 aromatic heterocycles. The molecule has 0 radical (unpaired) electrons. The summed E-state index contributed by atoms with van der Waals surface area (Å²) in [5, 5.41) is -0.820. The van der Waals surface area contributed by atoms with Crippen LogP contribution < -0.4 is 10.3 Å². The highest BCUT2D eigenvalue weighted by Crippen LogP contribution is 2.25. The summed E-state index contributed by atoms with van der Waals surface area (Å²) in [4.78, 5) is 21.0. The summed E-state index contributed by atoms with van der Waals surface area (Å²) in [5.41, 5.74) is -0.916. The lowest BCUT2D eigenvalue weighted by atomic mass is 10.3. The molecule has 0 amide bonds. The van der Waals surface area contributed by atoms with Crippen LogP contribution in [0.4, 0.5) is 4.39 Å². The van der Waals surface area contributed by atoms with E-state index < -0.39 is 16.5 Å². The number of nitrogens with zero attached hydrogens (tertiary/aromatic N) is 2. The van der Waals surface area contributed by atoms with Gasteiger partial charge in [-0.3, -0.25) is 9.78 Å². The van der Waals surface area contributed by atoms with E-state index >= 15 is 0 Å². The Balaban J connectivity index is 3.00. The summed E-state index contributed by atoms with van der Waals surface area (Å²) >= 11 is 11.1. The van der Waals surface area contributed by atoms with Crippen molar-refractivity contribution in [2.24, 2.45) is 0 Å². The number of fused-ring (bicyclic) bond motifs is 1. The van der Waals surface area contributed by atoms with Gasteiger partial charge in [-0.2, -0.15) is 4.98 Å². The second kappa shape index (κ2) is 3.88. The van der Waals surface area contributed by atoms with Crippen LogP contribution >= 0.6 is 23.2 Å². The molecule has 0 aliphatic rings. The van der Waals surface area contributed by atoms with E-state index in [0.717, 1.165) is 0 Å². The van der Waals surface area contributed by atoms with Crippen molar-refractivity contribution in [1.29, 1.82) is 0 Å². The predicted molar refractivity (Wildman–Crippen MR) is 56.7 cm³/mol. The molecule has 0 bridgehead atoms. The third-order valence-corrected chi connectivity index (χ3v) is 2.41. The zero-order valence-corrected chi connectivity index (χ0v) is 9.36. The number of halogens is 3. The van der Waals surface area contributed by atoms with Crippen molar-refractivity contribution in [3.8, 4) is 6.01 Å². The average Bonchev–Trinajstić information content (AvgIpc) is 2.24. The Morgan fingerprint density at radius 3 is 2.62 bits per heavy atom. The second-order valence-electron chi connectivity index (χ2n) is 2.81. The molecule has 0 spiro atoms. The second-order valence-corrected chi connectivity index (χ2v) is 3.52. The maximum atomic E-state index is 13.6. The van der Waals surface area contributed by atoms with Gasteiger partial charge in [-0.15, -0.1) is 0 Å². The van der Waals surface area contributed by atoms with Gasteiger partial charge in [0.2, 0.25) is 0 Å². The van der Waals surface area contributed by atoms with E-state index in [1.54, 1.807) is 0 Å². The van der Waals surface area contributed by atoms with Gasteiger partial charge in [0, 0.05) is 0 Å². The smallest absolute Gasteiger partial charge is 0.296 e. The summed E-state index contributed by atoms with van der Waals surface area (Å²) in [6.07, 6.45) is 0. The predicted octanol–water partition coefficient (Wildman–Crippen LogP) is 1.77. The molecule has 0 aliphatic heterocycles. The van der Waals surface area contributed by atoms with E-state index in [2.05, 4.69) is 15.0 Å². The van der Waals surface area contributed by atoms with Crippen LogP contribution in [0.3, 0.4) is 0 Å². The van der Waals surface area contributed by atoms with E-state index in [4.69, 9.17) is 27.9 Å². The zero-order chi connectivity index (χ0) is 11.9. The monoisotopic (exact) mass is 263 g/mol. The first-order valence-electron chi connectivity index (χ1n) is 4.03. The van der Waals surface area contributed by atoms with Crippen LogP contribution in [-0.2, 0) is 0 Å². The van der Waals surface area contributed by atoms with Crippen molar-refractivity contribution in [3.05, 3.63) is 26.5 Å². The Morgan fingerprint density at radius 1 is 1.31 bits per heavy atom. The minimum Gasteiger partial charge on any atom is -0.468 e. The van der Waals surface area contributed by atoms with Gasteiger partial charge in [-0.05, 0) is 0 Å². The summed E-state index contributed by atoms with van der Waals surface area (Å²) in [6, 6.07) is -0.130. The fourth-order valence-corrected chi connectivity index (χ4v) is 1.67. The summed E-state index contributed by atoms with van der Waals surface area (Å²) in [6.45, 7) is 0. The van der Waals surface area contributed by atoms with E-state index in [1.165, 1.54) is 7.11 Å². The van der Waals surface area contributed by atoms with Gasteiger partial charge in [0.25, 0.3) is 11.6 Å². The molecule has 2 heterocycles. The van der Waals surface area contributed by atoms with Crippen LogP contribution in [0.5, 0.6) is 6.01 Å². The van der Waals surface area contributed by atoms with Crippen LogP contribution in [0, 0.1) is 5.82 Å². The summed E-state index contributed by atoms with van der Waals surface area (Å²) in [7, 11) is 1.28. The number of methoxy groups -OCH3 is 1. The molecule has 0 atom stereocenters. The first-order chi connectivity index (χ1) is 7.54.